The van der Waals surface area contributed by atoms with Crippen LogP contribution in [-0.2, 0) is 6.42 Å². The van der Waals surface area contributed by atoms with E-state index in [2.05, 4.69) is 34.3 Å². The lowest BCUT2D eigenvalue weighted by Crippen LogP contribution is -1.99. The first-order chi connectivity index (χ1) is 7.72. The average Bonchev–Trinajstić information content (AvgIpc) is 2.28. The molecule has 1 aromatic rings. The van der Waals surface area contributed by atoms with Crippen LogP contribution in [0.2, 0.25) is 0 Å². The molecule has 0 amide bonds. The normalized spacial score (nSPS) is 10.5. The zero-order valence-electron chi connectivity index (χ0n) is 9.75. The summed E-state index contributed by atoms with van der Waals surface area (Å²) in [5, 5.41) is 0. The van der Waals surface area contributed by atoms with E-state index in [1.54, 1.807) is 18.9 Å². The third kappa shape index (κ3) is 3.68. The predicted octanol–water partition coefficient (Wildman–Crippen LogP) is 3.46. The molecule has 0 radical (unpaired) electrons. The number of rotatable bonds is 6. The highest BCUT2D eigenvalue weighted by molar-refractivity contribution is 9.10. The van der Waals surface area contributed by atoms with Crippen LogP contribution in [0.3, 0.4) is 0 Å². The molecule has 2 nitrogen and oxygen atoms in total. The van der Waals surface area contributed by atoms with Crippen LogP contribution in [0, 0.1) is 0 Å². The molecule has 1 aromatic carbocycles. The minimum Gasteiger partial charge on any atom is -0.494 e. The van der Waals surface area contributed by atoms with Crippen molar-refractivity contribution in [3.63, 3.8) is 0 Å². The number of benzene rings is 1. The molecule has 0 heterocycles. The number of nitrogens with two attached hydrogens (primary N) is 1. The molecule has 0 unspecified atom stereocenters. The van der Waals surface area contributed by atoms with Crippen LogP contribution in [0.1, 0.15) is 18.4 Å². The van der Waals surface area contributed by atoms with Crippen molar-refractivity contribution in [2.75, 3.05) is 19.9 Å². The Balaban J connectivity index is 2.83. The van der Waals surface area contributed by atoms with E-state index in [1.807, 2.05) is 0 Å². The van der Waals surface area contributed by atoms with Gasteiger partial charge < -0.3 is 10.5 Å². The number of aryl methyl sites for hydroxylation is 1. The van der Waals surface area contributed by atoms with Gasteiger partial charge in [0, 0.05) is 0 Å². The van der Waals surface area contributed by atoms with Crippen LogP contribution < -0.4 is 10.5 Å². The third-order valence-corrected chi connectivity index (χ3v) is 3.75. The smallest absolute Gasteiger partial charge is 0.146 e. The molecule has 1 rings (SSSR count). The average molecular weight is 304 g/mol. The first-order valence-corrected chi connectivity index (χ1v) is 7.35. The number of unbranched alkanes of at least 4 members (excludes halogenated alkanes) is 1. The van der Waals surface area contributed by atoms with Crippen LogP contribution in [0.15, 0.2) is 21.5 Å². The molecular weight excluding hydrogens is 286 g/mol. The summed E-state index contributed by atoms with van der Waals surface area (Å²) < 4.78 is 6.39. The summed E-state index contributed by atoms with van der Waals surface area (Å²) in [6.07, 6.45) is 5.36. The fourth-order valence-electron chi connectivity index (χ4n) is 1.59. The molecule has 2 N–H and O–H groups in total. The second-order valence-corrected chi connectivity index (χ2v) is 5.26. The van der Waals surface area contributed by atoms with Crippen molar-refractivity contribution in [1.82, 2.24) is 0 Å². The molecule has 0 aliphatic carbocycles. The SMILES string of the molecule is COc1c(Br)cc(CCCCN)cc1SC. The molecule has 0 saturated carbocycles. The van der Waals surface area contributed by atoms with Gasteiger partial charge in [-0.15, -0.1) is 11.8 Å². The van der Waals surface area contributed by atoms with Crippen LogP contribution in [0.25, 0.3) is 0 Å². The number of thioether (sulfide) groups is 1. The van der Waals surface area contributed by atoms with Crippen molar-refractivity contribution >= 4 is 27.7 Å². The van der Waals surface area contributed by atoms with E-state index in [1.165, 1.54) is 10.5 Å². The lowest BCUT2D eigenvalue weighted by Gasteiger charge is -2.11. The van der Waals surface area contributed by atoms with Crippen LogP contribution in [-0.4, -0.2) is 19.9 Å². The van der Waals surface area contributed by atoms with Gasteiger partial charge in [0.15, 0.2) is 0 Å². The van der Waals surface area contributed by atoms with Crippen LogP contribution in [0.4, 0.5) is 0 Å². The maximum atomic E-state index is 5.49. The largest absolute Gasteiger partial charge is 0.494 e. The summed E-state index contributed by atoms with van der Waals surface area (Å²) in [5.41, 5.74) is 6.83. The second-order valence-electron chi connectivity index (χ2n) is 3.56. The highest BCUT2D eigenvalue weighted by Crippen LogP contribution is 2.36. The number of ether oxygens (including phenoxy) is 1. The van der Waals surface area contributed by atoms with Gasteiger partial charge in [-0.1, -0.05) is 0 Å². The van der Waals surface area contributed by atoms with Crippen molar-refractivity contribution in [2.45, 2.75) is 24.2 Å². The summed E-state index contributed by atoms with van der Waals surface area (Å²) in [4.78, 5) is 1.18. The van der Waals surface area contributed by atoms with Gasteiger partial charge in [-0.2, -0.15) is 0 Å². The Bertz CT molecular complexity index is 344. The van der Waals surface area contributed by atoms with Crippen molar-refractivity contribution in [2.24, 2.45) is 5.73 Å². The fraction of sp³-hybridized carbons (Fsp3) is 0.500. The molecule has 0 aliphatic rings. The van der Waals surface area contributed by atoms with E-state index in [0.29, 0.717) is 0 Å². The molecule has 0 aromatic heterocycles. The predicted molar refractivity (Wildman–Crippen MR) is 74.5 cm³/mol. The van der Waals surface area contributed by atoms with Gasteiger partial charge >= 0.3 is 0 Å². The Hall–Kier alpha value is -0.190. The molecule has 90 valence electrons. The summed E-state index contributed by atoms with van der Waals surface area (Å²) >= 11 is 5.25. The van der Waals surface area contributed by atoms with E-state index in [0.717, 1.165) is 36.0 Å². The van der Waals surface area contributed by atoms with Crippen molar-refractivity contribution in [1.29, 1.82) is 0 Å². The van der Waals surface area contributed by atoms with Gasteiger partial charge in [0.05, 0.1) is 16.5 Å². The van der Waals surface area contributed by atoms with Gasteiger partial charge in [0.1, 0.15) is 5.75 Å². The lowest BCUT2D eigenvalue weighted by molar-refractivity contribution is 0.402. The Morgan fingerprint density at radius 1 is 1.38 bits per heavy atom. The third-order valence-electron chi connectivity index (χ3n) is 2.41. The summed E-state index contributed by atoms with van der Waals surface area (Å²) in [5.74, 6) is 0.926. The van der Waals surface area contributed by atoms with E-state index < -0.39 is 0 Å². The maximum Gasteiger partial charge on any atom is 0.146 e. The lowest BCUT2D eigenvalue weighted by atomic mass is 10.1. The quantitative estimate of drug-likeness (QED) is 0.646. The van der Waals surface area contributed by atoms with Crippen LogP contribution in [0.5, 0.6) is 5.75 Å². The van der Waals surface area contributed by atoms with Crippen LogP contribution >= 0.6 is 27.7 Å². The van der Waals surface area contributed by atoms with E-state index >= 15 is 0 Å². The first-order valence-electron chi connectivity index (χ1n) is 5.33. The molecule has 0 aliphatic heterocycles. The molecule has 4 heteroatoms. The van der Waals surface area contributed by atoms with E-state index in [-0.39, 0.29) is 0 Å². The molecule has 0 fully saturated rings. The van der Waals surface area contributed by atoms with E-state index in [4.69, 9.17) is 10.5 Å². The van der Waals surface area contributed by atoms with Gasteiger partial charge in [0.2, 0.25) is 0 Å². The molecular formula is C12H18BrNOS. The zero-order chi connectivity index (χ0) is 12.0. The molecule has 16 heavy (non-hydrogen) atoms. The minimum atomic E-state index is 0.771. The van der Waals surface area contributed by atoms with Crippen molar-refractivity contribution < 1.29 is 4.74 Å². The van der Waals surface area contributed by atoms with Crippen molar-refractivity contribution in [3.8, 4) is 5.75 Å². The summed E-state index contributed by atoms with van der Waals surface area (Å²) in [6, 6.07) is 4.33. The van der Waals surface area contributed by atoms with Gasteiger partial charge in [-0.3, -0.25) is 0 Å². The maximum absolute atomic E-state index is 5.49. The van der Waals surface area contributed by atoms with Crippen molar-refractivity contribution in [3.05, 3.63) is 22.2 Å². The Labute approximate surface area is 110 Å². The fourth-order valence-corrected chi connectivity index (χ4v) is 3.04. The highest BCUT2D eigenvalue weighted by atomic mass is 79.9. The first kappa shape index (κ1) is 13.9. The Kier molecular flexibility index (Phi) is 6.24. The summed E-state index contributed by atoms with van der Waals surface area (Å²) in [6.45, 7) is 0.771. The Morgan fingerprint density at radius 3 is 2.69 bits per heavy atom. The Morgan fingerprint density at radius 2 is 2.12 bits per heavy atom. The topological polar surface area (TPSA) is 35.2 Å². The number of hydrogen-bond donors (Lipinski definition) is 1. The number of halogens is 1. The number of methoxy groups -OCH3 is 1. The monoisotopic (exact) mass is 303 g/mol. The molecule has 0 bridgehead atoms. The molecule has 0 spiro atoms. The summed E-state index contributed by atoms with van der Waals surface area (Å²) in [7, 11) is 1.70. The molecule has 0 atom stereocenters. The van der Waals surface area contributed by atoms with Gasteiger partial charge in [-0.25, -0.2) is 0 Å². The van der Waals surface area contributed by atoms with Gasteiger partial charge in [-0.05, 0) is 65.7 Å². The minimum absolute atomic E-state index is 0.771. The van der Waals surface area contributed by atoms with Gasteiger partial charge in [0.25, 0.3) is 0 Å². The zero-order valence-corrected chi connectivity index (χ0v) is 12.2. The molecule has 0 saturated heterocycles. The highest BCUT2D eigenvalue weighted by Gasteiger charge is 2.08. The number of hydrogen-bond acceptors (Lipinski definition) is 3. The second kappa shape index (κ2) is 7.20. The standard InChI is InChI=1S/C12H18BrNOS/c1-15-12-10(13)7-9(5-3-4-6-14)8-11(12)16-2/h7-8H,3-6,14H2,1-2H3. The van der Waals surface area contributed by atoms with E-state index in [9.17, 15) is 0 Å².